The van der Waals surface area contributed by atoms with Gasteiger partial charge in [0.1, 0.15) is 11.5 Å². The van der Waals surface area contributed by atoms with E-state index in [2.05, 4.69) is 15.6 Å². The van der Waals surface area contributed by atoms with Gasteiger partial charge in [0.15, 0.2) is 0 Å². The van der Waals surface area contributed by atoms with Gasteiger partial charge >= 0.3 is 0 Å². The van der Waals surface area contributed by atoms with Gasteiger partial charge in [-0.3, -0.25) is 9.78 Å². The number of carbonyl (C=O) groups is 1. The van der Waals surface area contributed by atoms with E-state index in [4.69, 9.17) is 0 Å². The number of aromatic nitrogens is 1. The molecule has 0 unspecified atom stereocenters. The molecule has 3 rings (SSSR count). The largest absolute Gasteiger partial charge is 0.355 e. The third kappa shape index (κ3) is 4.20. The number of nitrogens with zero attached hydrogens (tertiary/aromatic N) is 1. The van der Waals surface area contributed by atoms with Gasteiger partial charge in [-0.25, -0.2) is 4.39 Å². The van der Waals surface area contributed by atoms with Gasteiger partial charge in [-0.1, -0.05) is 18.2 Å². The predicted octanol–water partition coefficient (Wildman–Crippen LogP) is 4.83. The maximum absolute atomic E-state index is 13.3. The van der Waals surface area contributed by atoms with E-state index in [0.717, 1.165) is 16.8 Å². The second-order valence-electron chi connectivity index (χ2n) is 5.84. The Hall–Kier alpha value is -3.21. The molecule has 4 nitrogen and oxygen atoms in total. The van der Waals surface area contributed by atoms with Crippen molar-refractivity contribution < 1.29 is 9.18 Å². The van der Waals surface area contributed by atoms with E-state index in [0.29, 0.717) is 11.4 Å². The zero-order valence-electron chi connectivity index (χ0n) is 14.0. The van der Waals surface area contributed by atoms with E-state index in [-0.39, 0.29) is 17.4 Å². The van der Waals surface area contributed by atoms with Gasteiger partial charge in [0.25, 0.3) is 5.91 Å². The second-order valence-corrected chi connectivity index (χ2v) is 5.84. The first-order valence-corrected chi connectivity index (χ1v) is 7.88. The van der Waals surface area contributed by atoms with Crippen LogP contribution in [0.3, 0.4) is 0 Å². The molecule has 126 valence electrons. The van der Waals surface area contributed by atoms with Gasteiger partial charge < -0.3 is 10.6 Å². The molecule has 0 radical (unpaired) electrons. The fraction of sp³-hybridized carbons (Fsp3) is 0.100. The molecule has 1 aromatic heterocycles. The molecule has 25 heavy (non-hydrogen) atoms. The van der Waals surface area contributed by atoms with E-state index >= 15 is 0 Å². The minimum absolute atomic E-state index is 0.280. The zero-order chi connectivity index (χ0) is 17.8. The summed E-state index contributed by atoms with van der Waals surface area (Å²) >= 11 is 0. The van der Waals surface area contributed by atoms with E-state index in [1.165, 1.54) is 12.1 Å². The van der Waals surface area contributed by atoms with Crippen molar-refractivity contribution in [3.8, 4) is 0 Å². The number of amides is 1. The molecule has 0 spiro atoms. The first-order valence-electron chi connectivity index (χ1n) is 7.88. The molecular weight excluding hydrogens is 317 g/mol. The Kier molecular flexibility index (Phi) is 4.75. The van der Waals surface area contributed by atoms with Crippen molar-refractivity contribution in [1.82, 2.24) is 4.98 Å². The number of hydrogen-bond acceptors (Lipinski definition) is 3. The molecule has 0 fully saturated rings. The van der Waals surface area contributed by atoms with E-state index in [1.54, 1.807) is 30.5 Å². The minimum atomic E-state index is -0.327. The Bertz CT molecular complexity index is 924. The summed E-state index contributed by atoms with van der Waals surface area (Å²) in [4.78, 5) is 16.6. The van der Waals surface area contributed by atoms with Crippen LogP contribution in [0, 0.1) is 19.7 Å². The average Bonchev–Trinajstić information content (AvgIpc) is 2.58. The molecule has 1 heterocycles. The quantitative estimate of drug-likeness (QED) is 0.718. The summed E-state index contributed by atoms with van der Waals surface area (Å²) in [6, 6.07) is 15.4. The van der Waals surface area contributed by atoms with Crippen LogP contribution < -0.4 is 10.6 Å². The Balaban J connectivity index is 1.78. The normalized spacial score (nSPS) is 10.4. The SMILES string of the molecule is Cc1ccc(C)c(NC(=O)c2cc(Nc3cccc(F)c3)ccn2)c1. The summed E-state index contributed by atoms with van der Waals surface area (Å²) in [5, 5.41) is 5.94. The van der Waals surface area contributed by atoms with Crippen LogP contribution in [-0.2, 0) is 0 Å². The van der Waals surface area contributed by atoms with Crippen molar-refractivity contribution in [3.05, 3.63) is 83.4 Å². The van der Waals surface area contributed by atoms with Crippen LogP contribution in [0.15, 0.2) is 60.8 Å². The van der Waals surface area contributed by atoms with Gasteiger partial charge in [-0.2, -0.15) is 0 Å². The van der Waals surface area contributed by atoms with Crippen LogP contribution in [0.1, 0.15) is 21.6 Å². The molecule has 0 aliphatic rings. The fourth-order valence-corrected chi connectivity index (χ4v) is 2.42. The molecule has 0 saturated carbocycles. The van der Waals surface area contributed by atoms with E-state index in [1.807, 2.05) is 32.0 Å². The van der Waals surface area contributed by atoms with E-state index in [9.17, 15) is 9.18 Å². The molecular formula is C20H18FN3O. The molecule has 0 bridgehead atoms. The monoisotopic (exact) mass is 335 g/mol. The molecule has 5 heteroatoms. The summed E-state index contributed by atoms with van der Waals surface area (Å²) < 4.78 is 13.3. The number of pyridine rings is 1. The summed E-state index contributed by atoms with van der Waals surface area (Å²) in [5.41, 5.74) is 4.35. The fourth-order valence-electron chi connectivity index (χ4n) is 2.42. The lowest BCUT2D eigenvalue weighted by Gasteiger charge is -2.10. The third-order valence-corrected chi connectivity index (χ3v) is 3.75. The Morgan fingerprint density at radius 1 is 1.00 bits per heavy atom. The minimum Gasteiger partial charge on any atom is -0.355 e. The maximum Gasteiger partial charge on any atom is 0.274 e. The number of benzene rings is 2. The van der Waals surface area contributed by atoms with Crippen molar-refractivity contribution in [1.29, 1.82) is 0 Å². The van der Waals surface area contributed by atoms with Crippen LogP contribution in [0.25, 0.3) is 0 Å². The van der Waals surface area contributed by atoms with Crippen LogP contribution in [0.4, 0.5) is 21.5 Å². The number of halogens is 1. The lowest BCUT2D eigenvalue weighted by atomic mass is 10.1. The van der Waals surface area contributed by atoms with Gasteiger partial charge in [0.2, 0.25) is 0 Å². The summed E-state index contributed by atoms with van der Waals surface area (Å²) in [6.45, 7) is 3.90. The lowest BCUT2D eigenvalue weighted by molar-refractivity contribution is 0.102. The van der Waals surface area contributed by atoms with Crippen molar-refractivity contribution in [2.45, 2.75) is 13.8 Å². The highest BCUT2D eigenvalue weighted by molar-refractivity contribution is 6.03. The number of nitrogens with one attached hydrogen (secondary N) is 2. The van der Waals surface area contributed by atoms with Crippen molar-refractivity contribution in [3.63, 3.8) is 0 Å². The number of hydrogen-bond donors (Lipinski definition) is 2. The highest BCUT2D eigenvalue weighted by Gasteiger charge is 2.10. The summed E-state index contributed by atoms with van der Waals surface area (Å²) in [7, 11) is 0. The third-order valence-electron chi connectivity index (χ3n) is 3.75. The van der Waals surface area contributed by atoms with Gasteiger partial charge in [-0.05, 0) is 61.4 Å². The predicted molar refractivity (Wildman–Crippen MR) is 97.8 cm³/mol. The number of rotatable bonds is 4. The second kappa shape index (κ2) is 7.13. The summed E-state index contributed by atoms with van der Waals surface area (Å²) in [5.74, 6) is -0.622. The molecule has 2 N–H and O–H groups in total. The molecule has 1 amide bonds. The number of aryl methyl sites for hydroxylation is 2. The van der Waals surface area contributed by atoms with Crippen molar-refractivity contribution in [2.24, 2.45) is 0 Å². The lowest BCUT2D eigenvalue weighted by Crippen LogP contribution is -2.14. The molecule has 0 atom stereocenters. The first kappa shape index (κ1) is 16.6. The highest BCUT2D eigenvalue weighted by atomic mass is 19.1. The van der Waals surface area contributed by atoms with Gasteiger partial charge in [0, 0.05) is 23.3 Å². The molecule has 0 aliphatic heterocycles. The topological polar surface area (TPSA) is 54.0 Å². The first-order chi connectivity index (χ1) is 12.0. The van der Waals surface area contributed by atoms with Crippen LogP contribution in [0.2, 0.25) is 0 Å². The molecule has 2 aromatic carbocycles. The maximum atomic E-state index is 13.3. The average molecular weight is 335 g/mol. The Labute approximate surface area is 145 Å². The van der Waals surface area contributed by atoms with Gasteiger partial charge in [-0.15, -0.1) is 0 Å². The van der Waals surface area contributed by atoms with Crippen molar-refractivity contribution in [2.75, 3.05) is 10.6 Å². The number of anilines is 3. The standard InChI is InChI=1S/C20H18FN3O/c1-13-6-7-14(2)18(10-13)24-20(25)19-12-17(8-9-22-19)23-16-5-3-4-15(21)11-16/h3-12H,1-2H3,(H,22,23)(H,24,25). The van der Waals surface area contributed by atoms with Crippen molar-refractivity contribution >= 4 is 23.0 Å². The Morgan fingerprint density at radius 2 is 1.80 bits per heavy atom. The van der Waals surface area contributed by atoms with E-state index < -0.39 is 0 Å². The van der Waals surface area contributed by atoms with Crippen LogP contribution in [-0.4, -0.2) is 10.9 Å². The molecule has 3 aromatic rings. The van der Waals surface area contributed by atoms with Gasteiger partial charge in [0.05, 0.1) is 0 Å². The molecule has 0 saturated heterocycles. The molecule has 0 aliphatic carbocycles. The Morgan fingerprint density at radius 3 is 2.60 bits per heavy atom. The number of carbonyl (C=O) groups excluding carboxylic acids is 1. The summed E-state index contributed by atoms with van der Waals surface area (Å²) in [6.07, 6.45) is 1.54. The highest BCUT2D eigenvalue weighted by Crippen LogP contribution is 2.20. The van der Waals surface area contributed by atoms with Crippen LogP contribution >= 0.6 is 0 Å². The van der Waals surface area contributed by atoms with Crippen LogP contribution in [0.5, 0.6) is 0 Å². The smallest absolute Gasteiger partial charge is 0.274 e. The zero-order valence-corrected chi connectivity index (χ0v) is 14.0.